The summed E-state index contributed by atoms with van der Waals surface area (Å²) in [4.78, 5) is 14.4. The molecule has 19 heavy (non-hydrogen) atoms. The van der Waals surface area contributed by atoms with Crippen LogP contribution in [0.2, 0.25) is 0 Å². The summed E-state index contributed by atoms with van der Waals surface area (Å²) in [6.07, 6.45) is 0. The van der Waals surface area contributed by atoms with Crippen LogP contribution in [0, 0.1) is 0 Å². The third kappa shape index (κ3) is 2.66. The SMILES string of the molecule is COc1ccc(C(=O)N2CCOCC2(C)C)c(N)c1. The third-order valence-corrected chi connectivity index (χ3v) is 3.38. The van der Waals surface area contributed by atoms with Crippen LogP contribution in [-0.2, 0) is 4.74 Å². The van der Waals surface area contributed by atoms with Gasteiger partial charge < -0.3 is 20.1 Å². The van der Waals surface area contributed by atoms with Crippen molar-refractivity contribution in [1.29, 1.82) is 0 Å². The van der Waals surface area contributed by atoms with Gasteiger partial charge in [-0.3, -0.25) is 4.79 Å². The lowest BCUT2D eigenvalue weighted by molar-refractivity contribution is -0.0370. The monoisotopic (exact) mass is 264 g/mol. The molecule has 0 aliphatic carbocycles. The first-order valence-electron chi connectivity index (χ1n) is 6.29. The lowest BCUT2D eigenvalue weighted by Gasteiger charge is -2.42. The molecule has 0 saturated carbocycles. The van der Waals surface area contributed by atoms with E-state index in [1.54, 1.807) is 25.3 Å². The summed E-state index contributed by atoms with van der Waals surface area (Å²) in [5.74, 6) is 0.587. The van der Waals surface area contributed by atoms with E-state index in [1.165, 1.54) is 0 Å². The second-order valence-electron chi connectivity index (χ2n) is 5.27. The fourth-order valence-corrected chi connectivity index (χ4v) is 2.24. The highest BCUT2D eigenvalue weighted by molar-refractivity contribution is 5.99. The average molecular weight is 264 g/mol. The molecule has 5 nitrogen and oxygen atoms in total. The van der Waals surface area contributed by atoms with Crippen LogP contribution in [0.5, 0.6) is 5.75 Å². The molecule has 1 aliphatic heterocycles. The maximum Gasteiger partial charge on any atom is 0.256 e. The van der Waals surface area contributed by atoms with Gasteiger partial charge in [0.15, 0.2) is 0 Å². The van der Waals surface area contributed by atoms with E-state index in [0.29, 0.717) is 36.8 Å². The number of benzene rings is 1. The molecule has 1 saturated heterocycles. The summed E-state index contributed by atoms with van der Waals surface area (Å²) >= 11 is 0. The van der Waals surface area contributed by atoms with Crippen molar-refractivity contribution in [3.63, 3.8) is 0 Å². The van der Waals surface area contributed by atoms with Crippen molar-refractivity contribution in [2.45, 2.75) is 19.4 Å². The van der Waals surface area contributed by atoms with Crippen LogP contribution in [0.25, 0.3) is 0 Å². The van der Waals surface area contributed by atoms with E-state index in [0.717, 1.165) is 0 Å². The molecule has 0 aromatic heterocycles. The predicted molar refractivity (Wildman–Crippen MR) is 73.3 cm³/mol. The Morgan fingerprint density at radius 1 is 1.47 bits per heavy atom. The zero-order valence-electron chi connectivity index (χ0n) is 11.6. The van der Waals surface area contributed by atoms with Gasteiger partial charge in [-0.2, -0.15) is 0 Å². The van der Waals surface area contributed by atoms with Crippen molar-refractivity contribution in [2.24, 2.45) is 0 Å². The van der Waals surface area contributed by atoms with Crippen molar-refractivity contribution in [3.05, 3.63) is 23.8 Å². The smallest absolute Gasteiger partial charge is 0.256 e. The van der Waals surface area contributed by atoms with E-state index in [4.69, 9.17) is 15.2 Å². The Labute approximate surface area is 113 Å². The van der Waals surface area contributed by atoms with Crippen LogP contribution in [-0.4, -0.2) is 43.2 Å². The van der Waals surface area contributed by atoms with E-state index in [-0.39, 0.29) is 11.4 Å². The largest absolute Gasteiger partial charge is 0.497 e. The van der Waals surface area contributed by atoms with Crippen LogP contribution in [0.3, 0.4) is 0 Å². The Kier molecular flexibility index (Phi) is 3.66. The summed E-state index contributed by atoms with van der Waals surface area (Å²) in [6.45, 7) is 5.66. The van der Waals surface area contributed by atoms with E-state index in [2.05, 4.69) is 0 Å². The number of morpholine rings is 1. The minimum Gasteiger partial charge on any atom is -0.497 e. The molecular weight excluding hydrogens is 244 g/mol. The summed E-state index contributed by atoms with van der Waals surface area (Å²) in [7, 11) is 1.57. The number of nitrogen functional groups attached to an aromatic ring is 1. The lowest BCUT2D eigenvalue weighted by Crippen LogP contribution is -2.55. The van der Waals surface area contributed by atoms with Gasteiger partial charge in [0.05, 0.1) is 31.4 Å². The molecule has 1 heterocycles. The van der Waals surface area contributed by atoms with E-state index in [1.807, 2.05) is 18.7 Å². The van der Waals surface area contributed by atoms with Gasteiger partial charge in [-0.05, 0) is 26.0 Å². The Bertz CT molecular complexity index is 486. The number of carbonyl (C=O) groups excluding carboxylic acids is 1. The van der Waals surface area contributed by atoms with E-state index in [9.17, 15) is 4.79 Å². The Morgan fingerprint density at radius 2 is 2.21 bits per heavy atom. The van der Waals surface area contributed by atoms with Crippen molar-refractivity contribution in [1.82, 2.24) is 4.90 Å². The molecule has 0 bridgehead atoms. The number of carbonyl (C=O) groups is 1. The molecule has 2 N–H and O–H groups in total. The quantitative estimate of drug-likeness (QED) is 0.823. The standard InChI is InChI=1S/C14H20N2O3/c1-14(2)9-19-7-6-16(14)13(17)11-5-4-10(18-3)8-12(11)15/h4-5,8H,6-7,9,15H2,1-3H3. The highest BCUT2D eigenvalue weighted by atomic mass is 16.5. The summed E-state index contributed by atoms with van der Waals surface area (Å²) in [5, 5.41) is 0. The summed E-state index contributed by atoms with van der Waals surface area (Å²) in [5.41, 5.74) is 6.56. The second kappa shape index (κ2) is 5.09. The van der Waals surface area contributed by atoms with Gasteiger partial charge in [0.25, 0.3) is 5.91 Å². The zero-order chi connectivity index (χ0) is 14.0. The number of hydrogen-bond donors (Lipinski definition) is 1. The molecule has 1 aliphatic rings. The fourth-order valence-electron chi connectivity index (χ4n) is 2.24. The van der Waals surface area contributed by atoms with E-state index >= 15 is 0 Å². The molecule has 0 unspecified atom stereocenters. The van der Waals surface area contributed by atoms with Crippen LogP contribution >= 0.6 is 0 Å². The van der Waals surface area contributed by atoms with Crippen LogP contribution in [0.4, 0.5) is 5.69 Å². The lowest BCUT2D eigenvalue weighted by atomic mass is 10.0. The van der Waals surface area contributed by atoms with Gasteiger partial charge in [0.2, 0.25) is 0 Å². The first-order chi connectivity index (χ1) is 8.95. The molecule has 5 heteroatoms. The molecule has 1 amide bonds. The Morgan fingerprint density at radius 3 is 2.79 bits per heavy atom. The van der Waals surface area contributed by atoms with E-state index < -0.39 is 0 Å². The van der Waals surface area contributed by atoms with Crippen molar-refractivity contribution in [3.8, 4) is 5.75 Å². The van der Waals surface area contributed by atoms with Gasteiger partial charge in [-0.15, -0.1) is 0 Å². The minimum absolute atomic E-state index is 0.0616. The maximum atomic E-state index is 12.6. The topological polar surface area (TPSA) is 64.8 Å². The molecule has 104 valence electrons. The summed E-state index contributed by atoms with van der Waals surface area (Å²) in [6, 6.07) is 5.12. The number of rotatable bonds is 2. The molecule has 0 spiro atoms. The fraction of sp³-hybridized carbons (Fsp3) is 0.500. The van der Waals surface area contributed by atoms with Gasteiger partial charge in [-0.1, -0.05) is 0 Å². The molecule has 1 aromatic rings. The number of methoxy groups -OCH3 is 1. The first kappa shape index (κ1) is 13.7. The predicted octanol–water partition coefficient (Wildman–Crippen LogP) is 1.53. The third-order valence-electron chi connectivity index (χ3n) is 3.38. The number of ether oxygens (including phenoxy) is 2. The van der Waals surface area contributed by atoms with Gasteiger partial charge in [0.1, 0.15) is 5.75 Å². The van der Waals surface area contributed by atoms with Crippen LogP contribution in [0.15, 0.2) is 18.2 Å². The Balaban J connectivity index is 2.28. The average Bonchev–Trinajstić information content (AvgIpc) is 2.37. The number of amides is 1. The highest BCUT2D eigenvalue weighted by Crippen LogP contribution is 2.26. The number of anilines is 1. The Hall–Kier alpha value is -1.75. The molecule has 2 rings (SSSR count). The molecule has 1 aromatic carbocycles. The first-order valence-corrected chi connectivity index (χ1v) is 6.29. The van der Waals surface area contributed by atoms with Crippen molar-refractivity contribution < 1.29 is 14.3 Å². The van der Waals surface area contributed by atoms with Gasteiger partial charge in [-0.25, -0.2) is 0 Å². The molecule has 0 radical (unpaired) electrons. The second-order valence-corrected chi connectivity index (χ2v) is 5.27. The maximum absolute atomic E-state index is 12.6. The molecule has 1 fully saturated rings. The summed E-state index contributed by atoms with van der Waals surface area (Å²) < 4.78 is 10.5. The molecule has 0 atom stereocenters. The van der Waals surface area contributed by atoms with Crippen molar-refractivity contribution in [2.75, 3.05) is 32.6 Å². The number of nitrogens with zero attached hydrogens (tertiary/aromatic N) is 1. The highest BCUT2D eigenvalue weighted by Gasteiger charge is 2.35. The minimum atomic E-state index is -0.318. The van der Waals surface area contributed by atoms with Crippen molar-refractivity contribution >= 4 is 11.6 Å². The zero-order valence-corrected chi connectivity index (χ0v) is 11.6. The number of hydrogen-bond acceptors (Lipinski definition) is 4. The van der Waals surface area contributed by atoms with Gasteiger partial charge in [0, 0.05) is 18.3 Å². The normalized spacial score (nSPS) is 18.2. The number of nitrogens with two attached hydrogens (primary N) is 1. The van der Waals surface area contributed by atoms with Crippen LogP contribution < -0.4 is 10.5 Å². The molecular formula is C14H20N2O3. The van der Waals surface area contributed by atoms with Crippen LogP contribution in [0.1, 0.15) is 24.2 Å². The van der Waals surface area contributed by atoms with Gasteiger partial charge >= 0.3 is 0 Å².